The highest BCUT2D eigenvalue weighted by atomic mass is 16.7. The lowest BCUT2D eigenvalue weighted by Gasteiger charge is -2.42. The van der Waals surface area contributed by atoms with Crippen molar-refractivity contribution in [3.63, 3.8) is 0 Å². The molecular weight excluding hydrogens is 388 g/mol. The van der Waals surface area contributed by atoms with Gasteiger partial charge in [0.2, 0.25) is 0 Å². The summed E-state index contributed by atoms with van der Waals surface area (Å²) in [6, 6.07) is 20.8. The third-order valence-electron chi connectivity index (χ3n) is 7.19. The van der Waals surface area contributed by atoms with Gasteiger partial charge in [-0.1, -0.05) is 55.5 Å². The third-order valence-corrected chi connectivity index (χ3v) is 7.19. The van der Waals surface area contributed by atoms with E-state index in [4.69, 9.17) is 14.2 Å². The lowest BCUT2D eigenvalue weighted by molar-refractivity contribution is -0.189. The minimum absolute atomic E-state index is 0.248. The maximum Gasteiger partial charge on any atom is 0.157 e. The molecule has 4 heteroatoms. The second-order valence-corrected chi connectivity index (χ2v) is 8.99. The zero-order valence-corrected chi connectivity index (χ0v) is 18.3. The number of ether oxygens (including phenoxy) is 3. The first kappa shape index (κ1) is 20.5. The Kier molecular flexibility index (Phi) is 5.25. The molecule has 0 saturated carbocycles. The number of rotatable bonds is 6. The smallest absolute Gasteiger partial charge is 0.157 e. The largest absolute Gasteiger partial charge is 0.497 e. The average molecular weight is 419 g/mol. The minimum Gasteiger partial charge on any atom is -0.497 e. The summed E-state index contributed by atoms with van der Waals surface area (Å²) >= 11 is 0. The van der Waals surface area contributed by atoms with Crippen LogP contribution in [-0.4, -0.2) is 31.7 Å². The van der Waals surface area contributed by atoms with Crippen molar-refractivity contribution in [3.8, 4) is 5.75 Å². The van der Waals surface area contributed by atoms with Gasteiger partial charge in [0.1, 0.15) is 11.4 Å². The molecule has 3 aromatic carbocycles. The van der Waals surface area contributed by atoms with E-state index in [1.165, 1.54) is 16.3 Å². The SMILES string of the molecule is COc1cccc(CC2(C)c3cccc4cccc(c34)C2(O)CCC2OCCCO2)c1. The molecule has 4 nitrogen and oxygen atoms in total. The van der Waals surface area contributed by atoms with Crippen molar-refractivity contribution in [1.82, 2.24) is 0 Å². The Morgan fingerprint density at radius 2 is 1.71 bits per heavy atom. The van der Waals surface area contributed by atoms with E-state index in [0.29, 0.717) is 19.3 Å². The van der Waals surface area contributed by atoms with Crippen molar-refractivity contribution >= 4 is 10.8 Å². The Hall–Kier alpha value is -2.40. The maximum absolute atomic E-state index is 12.4. The first-order valence-corrected chi connectivity index (χ1v) is 11.2. The minimum atomic E-state index is -1.02. The quantitative estimate of drug-likeness (QED) is 0.606. The van der Waals surface area contributed by atoms with Crippen LogP contribution in [0, 0.1) is 0 Å². The summed E-state index contributed by atoms with van der Waals surface area (Å²) in [6.07, 6.45) is 2.63. The number of hydrogen-bond donors (Lipinski definition) is 1. The zero-order valence-electron chi connectivity index (χ0n) is 18.3. The van der Waals surface area contributed by atoms with Gasteiger partial charge >= 0.3 is 0 Å². The van der Waals surface area contributed by atoms with Crippen LogP contribution >= 0.6 is 0 Å². The number of hydrogen-bond acceptors (Lipinski definition) is 4. The van der Waals surface area contributed by atoms with E-state index in [-0.39, 0.29) is 6.29 Å². The lowest BCUT2D eigenvalue weighted by Crippen LogP contribution is -2.46. The van der Waals surface area contributed by atoms with Crippen LogP contribution in [0.15, 0.2) is 60.7 Å². The summed E-state index contributed by atoms with van der Waals surface area (Å²) < 4.78 is 17.1. The van der Waals surface area contributed by atoms with Crippen LogP contribution in [0.25, 0.3) is 10.8 Å². The fraction of sp³-hybridized carbons (Fsp3) is 0.407. The maximum atomic E-state index is 12.4. The van der Waals surface area contributed by atoms with Gasteiger partial charge in [0.15, 0.2) is 6.29 Å². The summed E-state index contributed by atoms with van der Waals surface area (Å²) in [5, 5.41) is 14.8. The van der Waals surface area contributed by atoms with E-state index in [9.17, 15) is 5.11 Å². The first-order chi connectivity index (χ1) is 15.0. The number of benzene rings is 3. The highest BCUT2D eigenvalue weighted by Gasteiger charge is 2.55. The highest BCUT2D eigenvalue weighted by Crippen LogP contribution is 2.57. The molecule has 0 amide bonds. The van der Waals surface area contributed by atoms with Gasteiger partial charge in [-0.3, -0.25) is 0 Å². The van der Waals surface area contributed by atoms with Crippen LogP contribution in [0.2, 0.25) is 0 Å². The molecule has 1 heterocycles. The molecule has 0 aromatic heterocycles. The van der Waals surface area contributed by atoms with Crippen LogP contribution in [-0.2, 0) is 26.9 Å². The van der Waals surface area contributed by atoms with Crippen LogP contribution in [0.4, 0.5) is 0 Å². The lowest BCUT2D eigenvalue weighted by atomic mass is 9.66. The summed E-state index contributed by atoms with van der Waals surface area (Å²) in [5.41, 5.74) is 1.86. The molecule has 2 aliphatic rings. The van der Waals surface area contributed by atoms with Crippen molar-refractivity contribution in [2.45, 2.75) is 49.9 Å². The van der Waals surface area contributed by atoms with Gasteiger partial charge in [-0.05, 0) is 58.9 Å². The highest BCUT2D eigenvalue weighted by molar-refractivity contribution is 5.93. The van der Waals surface area contributed by atoms with Crippen molar-refractivity contribution < 1.29 is 19.3 Å². The van der Waals surface area contributed by atoms with Crippen molar-refractivity contribution in [1.29, 1.82) is 0 Å². The van der Waals surface area contributed by atoms with Crippen LogP contribution < -0.4 is 4.74 Å². The predicted octanol–water partition coefficient (Wildman–Crippen LogP) is 5.09. The molecule has 2 unspecified atom stereocenters. The zero-order chi connectivity index (χ0) is 21.5. The molecule has 0 spiro atoms. The Morgan fingerprint density at radius 3 is 2.45 bits per heavy atom. The van der Waals surface area contributed by atoms with E-state index < -0.39 is 11.0 Å². The third kappa shape index (κ3) is 3.34. The summed E-state index contributed by atoms with van der Waals surface area (Å²) in [4.78, 5) is 0. The van der Waals surface area contributed by atoms with Gasteiger partial charge in [-0.2, -0.15) is 0 Å². The molecule has 1 aliphatic heterocycles. The monoisotopic (exact) mass is 418 g/mol. The molecule has 1 aliphatic carbocycles. The second-order valence-electron chi connectivity index (χ2n) is 8.99. The molecule has 1 saturated heterocycles. The molecule has 1 N–H and O–H groups in total. The standard InChI is InChI=1S/C27H30O4/c1-26(18-19-7-3-10-21(17-19)29-2)22-11-4-8-20-9-5-12-23(25(20)22)27(26,28)14-13-24-30-15-6-16-31-24/h3-5,7-12,17,24,28H,6,13-16,18H2,1-2H3. The molecule has 162 valence electrons. The Labute approximate surface area is 183 Å². The Bertz CT molecular complexity index is 1080. The van der Waals surface area contributed by atoms with E-state index in [0.717, 1.165) is 36.5 Å². The van der Waals surface area contributed by atoms with Gasteiger partial charge in [0.05, 0.1) is 20.3 Å². The second kappa shape index (κ2) is 7.94. The van der Waals surface area contributed by atoms with Crippen molar-refractivity contribution in [3.05, 3.63) is 77.4 Å². The number of aliphatic hydroxyl groups is 1. The Morgan fingerprint density at radius 1 is 1.00 bits per heavy atom. The molecule has 31 heavy (non-hydrogen) atoms. The molecular formula is C27H30O4. The predicted molar refractivity (Wildman–Crippen MR) is 121 cm³/mol. The average Bonchev–Trinajstić information content (AvgIpc) is 3.00. The Balaban J connectivity index is 1.58. The van der Waals surface area contributed by atoms with Gasteiger partial charge in [-0.25, -0.2) is 0 Å². The summed E-state index contributed by atoms with van der Waals surface area (Å²) in [5.74, 6) is 0.836. The van der Waals surface area contributed by atoms with E-state index >= 15 is 0 Å². The summed E-state index contributed by atoms with van der Waals surface area (Å²) in [6.45, 7) is 3.64. The summed E-state index contributed by atoms with van der Waals surface area (Å²) in [7, 11) is 1.69. The number of methoxy groups -OCH3 is 1. The van der Waals surface area contributed by atoms with Crippen LogP contribution in [0.1, 0.15) is 42.9 Å². The van der Waals surface area contributed by atoms with Crippen LogP contribution in [0.5, 0.6) is 5.75 Å². The van der Waals surface area contributed by atoms with Gasteiger partial charge < -0.3 is 19.3 Å². The van der Waals surface area contributed by atoms with Gasteiger partial charge in [-0.15, -0.1) is 0 Å². The molecule has 0 radical (unpaired) electrons. The normalized spacial score (nSPS) is 25.8. The van der Waals surface area contributed by atoms with Gasteiger partial charge in [0.25, 0.3) is 0 Å². The molecule has 0 bridgehead atoms. The van der Waals surface area contributed by atoms with E-state index in [1.54, 1.807) is 7.11 Å². The fourth-order valence-corrected chi connectivity index (χ4v) is 5.54. The fourth-order valence-electron chi connectivity index (χ4n) is 5.54. The molecule has 2 atom stereocenters. The molecule has 3 aromatic rings. The first-order valence-electron chi connectivity index (χ1n) is 11.2. The van der Waals surface area contributed by atoms with E-state index in [1.807, 2.05) is 12.1 Å². The van der Waals surface area contributed by atoms with Crippen molar-refractivity contribution in [2.24, 2.45) is 0 Å². The molecule has 5 rings (SSSR count). The molecule has 1 fully saturated rings. The van der Waals surface area contributed by atoms with Crippen LogP contribution in [0.3, 0.4) is 0 Å². The van der Waals surface area contributed by atoms with Crippen molar-refractivity contribution in [2.75, 3.05) is 20.3 Å². The topological polar surface area (TPSA) is 47.9 Å². The van der Waals surface area contributed by atoms with Gasteiger partial charge in [0, 0.05) is 11.8 Å². The van der Waals surface area contributed by atoms with E-state index in [2.05, 4.69) is 55.5 Å².